The van der Waals surface area contributed by atoms with Crippen LogP contribution < -0.4 is 10.1 Å². The topological polar surface area (TPSA) is 34.2 Å². The summed E-state index contributed by atoms with van der Waals surface area (Å²) in [5.41, 5.74) is 2.03. The SMILES string of the molecule is CCNCc1cnc(C)cc1Oc1ccc(SC)cc1. The number of aryl methyl sites for hydroxylation is 1. The molecule has 0 bridgehead atoms. The lowest BCUT2D eigenvalue weighted by Gasteiger charge is -2.12. The summed E-state index contributed by atoms with van der Waals surface area (Å²) in [5.74, 6) is 1.72. The Kier molecular flexibility index (Phi) is 5.44. The monoisotopic (exact) mass is 288 g/mol. The number of thioether (sulfide) groups is 1. The van der Waals surface area contributed by atoms with Crippen molar-refractivity contribution in [3.63, 3.8) is 0 Å². The molecule has 3 nitrogen and oxygen atoms in total. The van der Waals surface area contributed by atoms with Gasteiger partial charge in [-0.3, -0.25) is 4.98 Å². The van der Waals surface area contributed by atoms with Crippen LogP contribution in [0.15, 0.2) is 41.4 Å². The van der Waals surface area contributed by atoms with Crippen LogP contribution in [0.5, 0.6) is 11.5 Å². The van der Waals surface area contributed by atoms with Crippen LogP contribution in [0.3, 0.4) is 0 Å². The minimum atomic E-state index is 0.766. The predicted molar refractivity (Wildman–Crippen MR) is 84.7 cm³/mol. The zero-order chi connectivity index (χ0) is 14.4. The zero-order valence-corrected chi connectivity index (χ0v) is 13.0. The Labute approximate surface area is 124 Å². The molecular weight excluding hydrogens is 268 g/mol. The van der Waals surface area contributed by atoms with Crippen molar-refractivity contribution in [3.05, 3.63) is 47.8 Å². The first-order valence-corrected chi connectivity index (χ1v) is 7.93. The molecule has 0 spiro atoms. The number of hydrogen-bond acceptors (Lipinski definition) is 4. The molecule has 106 valence electrons. The standard InChI is InChI=1S/C16H20N2OS/c1-4-17-10-13-11-18-12(2)9-16(13)19-14-5-7-15(20-3)8-6-14/h5-9,11,17H,4,10H2,1-3H3. The fourth-order valence-electron chi connectivity index (χ4n) is 1.82. The van der Waals surface area contributed by atoms with Crippen molar-refractivity contribution < 1.29 is 4.74 Å². The third kappa shape index (κ3) is 3.99. The largest absolute Gasteiger partial charge is 0.457 e. The Morgan fingerprint density at radius 3 is 2.65 bits per heavy atom. The number of nitrogens with one attached hydrogen (secondary N) is 1. The lowest BCUT2D eigenvalue weighted by atomic mass is 10.2. The Hall–Kier alpha value is -1.52. The summed E-state index contributed by atoms with van der Waals surface area (Å²) < 4.78 is 6.00. The molecule has 0 saturated heterocycles. The van der Waals surface area contributed by atoms with Gasteiger partial charge in [0.15, 0.2) is 0 Å². The zero-order valence-electron chi connectivity index (χ0n) is 12.1. The predicted octanol–water partition coefficient (Wildman–Crippen LogP) is 4.01. The van der Waals surface area contributed by atoms with E-state index in [1.807, 2.05) is 31.3 Å². The summed E-state index contributed by atoms with van der Waals surface area (Å²) in [4.78, 5) is 5.57. The van der Waals surface area contributed by atoms with Gasteiger partial charge in [-0.15, -0.1) is 11.8 Å². The molecular formula is C16H20N2OS. The lowest BCUT2D eigenvalue weighted by Crippen LogP contribution is -2.12. The Morgan fingerprint density at radius 1 is 1.25 bits per heavy atom. The van der Waals surface area contributed by atoms with E-state index in [0.29, 0.717) is 0 Å². The van der Waals surface area contributed by atoms with Crippen LogP contribution in [-0.2, 0) is 6.54 Å². The maximum Gasteiger partial charge on any atom is 0.135 e. The number of nitrogens with zero attached hydrogens (tertiary/aromatic N) is 1. The summed E-state index contributed by atoms with van der Waals surface area (Å²) in [6.07, 6.45) is 3.94. The second-order valence-corrected chi connectivity index (χ2v) is 5.37. The van der Waals surface area contributed by atoms with E-state index >= 15 is 0 Å². The highest BCUT2D eigenvalue weighted by Crippen LogP contribution is 2.27. The number of aromatic nitrogens is 1. The van der Waals surface area contributed by atoms with Gasteiger partial charge in [0.25, 0.3) is 0 Å². The molecule has 0 saturated carbocycles. The van der Waals surface area contributed by atoms with Gasteiger partial charge >= 0.3 is 0 Å². The summed E-state index contributed by atoms with van der Waals surface area (Å²) in [6.45, 7) is 5.75. The van der Waals surface area contributed by atoms with E-state index in [0.717, 1.165) is 35.8 Å². The van der Waals surface area contributed by atoms with Gasteiger partial charge < -0.3 is 10.1 Å². The second-order valence-electron chi connectivity index (χ2n) is 4.49. The minimum absolute atomic E-state index is 0.766. The molecule has 0 aliphatic rings. The van der Waals surface area contributed by atoms with Gasteiger partial charge in [0.1, 0.15) is 11.5 Å². The van der Waals surface area contributed by atoms with Crippen molar-refractivity contribution in [2.75, 3.05) is 12.8 Å². The molecule has 0 aliphatic heterocycles. The normalized spacial score (nSPS) is 10.6. The average Bonchev–Trinajstić information content (AvgIpc) is 2.47. The van der Waals surface area contributed by atoms with Crippen molar-refractivity contribution in [3.8, 4) is 11.5 Å². The maximum absolute atomic E-state index is 6.00. The molecule has 0 fully saturated rings. The lowest BCUT2D eigenvalue weighted by molar-refractivity contribution is 0.471. The van der Waals surface area contributed by atoms with Gasteiger partial charge in [-0.05, 0) is 44.0 Å². The molecule has 0 amide bonds. The van der Waals surface area contributed by atoms with Crippen molar-refractivity contribution in [2.24, 2.45) is 0 Å². The number of hydrogen-bond donors (Lipinski definition) is 1. The van der Waals surface area contributed by atoms with Gasteiger partial charge in [0.05, 0.1) is 0 Å². The molecule has 0 atom stereocenters. The smallest absolute Gasteiger partial charge is 0.135 e. The fraction of sp³-hybridized carbons (Fsp3) is 0.312. The van der Waals surface area contributed by atoms with Crippen LogP contribution in [0.2, 0.25) is 0 Å². The maximum atomic E-state index is 6.00. The third-order valence-corrected chi connectivity index (χ3v) is 3.68. The van der Waals surface area contributed by atoms with Crippen LogP contribution in [0, 0.1) is 6.92 Å². The van der Waals surface area contributed by atoms with Gasteiger partial charge in [-0.2, -0.15) is 0 Å². The quantitative estimate of drug-likeness (QED) is 0.814. The van der Waals surface area contributed by atoms with E-state index in [1.165, 1.54) is 4.90 Å². The van der Waals surface area contributed by atoms with Crippen molar-refractivity contribution in [2.45, 2.75) is 25.3 Å². The van der Waals surface area contributed by atoms with Gasteiger partial charge in [-0.1, -0.05) is 6.92 Å². The summed E-state index contributed by atoms with van der Waals surface area (Å²) >= 11 is 1.72. The van der Waals surface area contributed by atoms with Gasteiger partial charge in [0, 0.05) is 35.0 Å². The highest BCUT2D eigenvalue weighted by atomic mass is 32.2. The number of rotatable bonds is 6. The highest BCUT2D eigenvalue weighted by molar-refractivity contribution is 7.98. The number of pyridine rings is 1. The minimum Gasteiger partial charge on any atom is -0.457 e. The van der Waals surface area contributed by atoms with Crippen LogP contribution in [0.25, 0.3) is 0 Å². The number of ether oxygens (including phenoxy) is 1. The van der Waals surface area contributed by atoms with Gasteiger partial charge in [-0.25, -0.2) is 0 Å². The molecule has 0 aliphatic carbocycles. The van der Waals surface area contributed by atoms with E-state index < -0.39 is 0 Å². The summed E-state index contributed by atoms with van der Waals surface area (Å²) in [7, 11) is 0. The van der Waals surface area contributed by atoms with E-state index in [4.69, 9.17) is 4.74 Å². The summed E-state index contributed by atoms with van der Waals surface area (Å²) in [6, 6.07) is 10.1. The van der Waals surface area contributed by atoms with Crippen molar-refractivity contribution in [1.82, 2.24) is 10.3 Å². The second kappa shape index (κ2) is 7.31. The third-order valence-electron chi connectivity index (χ3n) is 2.93. The van der Waals surface area contributed by atoms with E-state index in [-0.39, 0.29) is 0 Å². The molecule has 1 aromatic heterocycles. The van der Waals surface area contributed by atoms with Gasteiger partial charge in [0.2, 0.25) is 0 Å². The fourth-order valence-corrected chi connectivity index (χ4v) is 2.23. The van der Waals surface area contributed by atoms with Crippen LogP contribution in [0.1, 0.15) is 18.2 Å². The van der Waals surface area contributed by atoms with E-state index in [2.05, 4.69) is 35.6 Å². The molecule has 0 unspecified atom stereocenters. The molecule has 1 N–H and O–H groups in total. The molecule has 2 rings (SSSR count). The number of benzene rings is 1. The van der Waals surface area contributed by atoms with Crippen LogP contribution >= 0.6 is 11.8 Å². The van der Waals surface area contributed by atoms with Crippen molar-refractivity contribution in [1.29, 1.82) is 0 Å². The molecule has 4 heteroatoms. The Bertz CT molecular complexity index is 555. The van der Waals surface area contributed by atoms with E-state index in [9.17, 15) is 0 Å². The highest BCUT2D eigenvalue weighted by Gasteiger charge is 2.06. The Balaban J connectivity index is 2.19. The first-order chi connectivity index (χ1) is 9.72. The summed E-state index contributed by atoms with van der Waals surface area (Å²) in [5, 5.41) is 3.31. The molecule has 1 heterocycles. The van der Waals surface area contributed by atoms with Crippen LogP contribution in [-0.4, -0.2) is 17.8 Å². The van der Waals surface area contributed by atoms with E-state index in [1.54, 1.807) is 11.8 Å². The average molecular weight is 288 g/mol. The van der Waals surface area contributed by atoms with Crippen molar-refractivity contribution >= 4 is 11.8 Å². The first kappa shape index (κ1) is 14.9. The molecule has 20 heavy (non-hydrogen) atoms. The molecule has 0 radical (unpaired) electrons. The first-order valence-electron chi connectivity index (χ1n) is 6.71. The molecule has 1 aromatic carbocycles. The Morgan fingerprint density at radius 2 is 2.00 bits per heavy atom. The van der Waals surface area contributed by atoms with Crippen LogP contribution in [0.4, 0.5) is 0 Å². The molecule has 2 aromatic rings.